The Balaban J connectivity index is 1.95. The molecule has 1 fully saturated rings. The first-order chi connectivity index (χ1) is 8.22. The summed E-state index contributed by atoms with van der Waals surface area (Å²) in [7, 11) is 0. The predicted molar refractivity (Wildman–Crippen MR) is 74.1 cm³/mol. The molecule has 2 N–H and O–H groups in total. The maximum absolute atomic E-state index is 6.15. The summed E-state index contributed by atoms with van der Waals surface area (Å²) in [6.07, 6.45) is 10.3. The number of unbranched alkanes of at least 4 members (excludes halogenated alkanes) is 1. The standard InChI is InChI=1S/C15H31NO/c1-3-13(2)12-15(16)7-5-4-6-14-8-10-17-11-9-14/h13-15H,3-12,16H2,1-2H3. The zero-order chi connectivity index (χ0) is 12.5. The lowest BCUT2D eigenvalue weighted by molar-refractivity contribution is 0.0630. The van der Waals surface area contributed by atoms with Crippen LogP contribution in [-0.4, -0.2) is 19.3 Å². The van der Waals surface area contributed by atoms with Gasteiger partial charge in [-0.15, -0.1) is 0 Å². The van der Waals surface area contributed by atoms with Crippen LogP contribution in [0.3, 0.4) is 0 Å². The van der Waals surface area contributed by atoms with Gasteiger partial charge < -0.3 is 10.5 Å². The average molecular weight is 241 g/mol. The van der Waals surface area contributed by atoms with Gasteiger partial charge in [0.1, 0.15) is 0 Å². The molecule has 1 aliphatic heterocycles. The molecule has 1 rings (SSSR count). The van der Waals surface area contributed by atoms with Crippen LogP contribution in [0.2, 0.25) is 0 Å². The van der Waals surface area contributed by atoms with Crippen LogP contribution in [0, 0.1) is 11.8 Å². The molecule has 2 heteroatoms. The minimum Gasteiger partial charge on any atom is -0.381 e. The second-order valence-corrected chi connectivity index (χ2v) is 5.85. The van der Waals surface area contributed by atoms with Crippen LogP contribution < -0.4 is 5.73 Å². The van der Waals surface area contributed by atoms with Gasteiger partial charge in [-0.05, 0) is 37.5 Å². The summed E-state index contributed by atoms with van der Waals surface area (Å²) in [6.45, 7) is 6.53. The zero-order valence-corrected chi connectivity index (χ0v) is 11.8. The molecule has 2 unspecified atom stereocenters. The van der Waals surface area contributed by atoms with E-state index >= 15 is 0 Å². The van der Waals surface area contributed by atoms with Crippen molar-refractivity contribution >= 4 is 0 Å². The number of hydrogen-bond donors (Lipinski definition) is 1. The highest BCUT2D eigenvalue weighted by Crippen LogP contribution is 2.22. The molecule has 0 radical (unpaired) electrons. The average Bonchev–Trinajstić information content (AvgIpc) is 2.36. The molecule has 0 spiro atoms. The highest BCUT2D eigenvalue weighted by molar-refractivity contribution is 4.67. The quantitative estimate of drug-likeness (QED) is 0.657. The Kier molecular flexibility index (Phi) is 7.87. The first-order valence-corrected chi connectivity index (χ1v) is 7.55. The maximum atomic E-state index is 6.15. The van der Waals surface area contributed by atoms with E-state index in [1.807, 2.05) is 0 Å². The molecule has 1 aliphatic rings. The largest absolute Gasteiger partial charge is 0.381 e. The van der Waals surface area contributed by atoms with E-state index in [0.29, 0.717) is 6.04 Å². The maximum Gasteiger partial charge on any atom is 0.0468 e. The van der Waals surface area contributed by atoms with Crippen molar-refractivity contribution in [2.75, 3.05) is 13.2 Å². The van der Waals surface area contributed by atoms with Gasteiger partial charge in [0.2, 0.25) is 0 Å². The van der Waals surface area contributed by atoms with E-state index in [0.717, 1.165) is 25.0 Å². The topological polar surface area (TPSA) is 35.2 Å². The molecule has 1 heterocycles. The third-order valence-electron chi connectivity index (χ3n) is 4.18. The van der Waals surface area contributed by atoms with Crippen molar-refractivity contribution in [1.82, 2.24) is 0 Å². The molecule has 2 atom stereocenters. The summed E-state index contributed by atoms with van der Waals surface area (Å²) in [5, 5.41) is 0. The van der Waals surface area contributed by atoms with E-state index in [4.69, 9.17) is 10.5 Å². The van der Waals surface area contributed by atoms with Crippen LogP contribution in [0.5, 0.6) is 0 Å². The normalized spacial score (nSPS) is 21.4. The fraction of sp³-hybridized carbons (Fsp3) is 1.00. The fourth-order valence-corrected chi connectivity index (χ4v) is 2.68. The minimum atomic E-state index is 0.430. The molecule has 1 saturated heterocycles. The highest BCUT2D eigenvalue weighted by atomic mass is 16.5. The van der Waals surface area contributed by atoms with Crippen LogP contribution in [0.15, 0.2) is 0 Å². The third kappa shape index (κ3) is 7.05. The Morgan fingerprint density at radius 2 is 1.94 bits per heavy atom. The number of hydrogen-bond acceptors (Lipinski definition) is 2. The van der Waals surface area contributed by atoms with Gasteiger partial charge in [0.15, 0.2) is 0 Å². The Bertz CT molecular complexity index is 178. The second-order valence-electron chi connectivity index (χ2n) is 5.85. The molecule has 102 valence electrons. The molecule has 17 heavy (non-hydrogen) atoms. The second kappa shape index (κ2) is 8.93. The van der Waals surface area contributed by atoms with Crippen molar-refractivity contribution in [2.45, 2.75) is 71.3 Å². The number of nitrogens with two attached hydrogens (primary N) is 1. The summed E-state index contributed by atoms with van der Waals surface area (Å²) in [5.41, 5.74) is 6.15. The van der Waals surface area contributed by atoms with Crippen molar-refractivity contribution < 1.29 is 4.74 Å². The molecule has 0 aromatic rings. The molecular weight excluding hydrogens is 210 g/mol. The van der Waals surface area contributed by atoms with Gasteiger partial charge in [-0.2, -0.15) is 0 Å². The Hall–Kier alpha value is -0.0800. The van der Waals surface area contributed by atoms with Gasteiger partial charge in [0, 0.05) is 19.3 Å². The Morgan fingerprint density at radius 1 is 1.24 bits per heavy atom. The van der Waals surface area contributed by atoms with Crippen molar-refractivity contribution in [2.24, 2.45) is 17.6 Å². The molecule has 0 amide bonds. The molecule has 0 aromatic carbocycles. The third-order valence-corrected chi connectivity index (χ3v) is 4.18. The molecular formula is C15H31NO. The van der Waals surface area contributed by atoms with Gasteiger partial charge in [-0.25, -0.2) is 0 Å². The van der Waals surface area contributed by atoms with Crippen molar-refractivity contribution in [3.8, 4) is 0 Å². The lowest BCUT2D eigenvalue weighted by Gasteiger charge is -2.22. The van der Waals surface area contributed by atoms with E-state index < -0.39 is 0 Å². The summed E-state index contributed by atoms with van der Waals surface area (Å²) < 4.78 is 5.38. The summed E-state index contributed by atoms with van der Waals surface area (Å²) in [6, 6.07) is 0.430. The predicted octanol–water partition coefficient (Wildman–Crippen LogP) is 3.74. The summed E-state index contributed by atoms with van der Waals surface area (Å²) in [5.74, 6) is 1.72. The first-order valence-electron chi connectivity index (χ1n) is 7.55. The van der Waals surface area contributed by atoms with Gasteiger partial charge in [0.05, 0.1) is 0 Å². The summed E-state index contributed by atoms with van der Waals surface area (Å²) in [4.78, 5) is 0. The smallest absolute Gasteiger partial charge is 0.0468 e. The Labute approximate surface area is 107 Å². The van der Waals surface area contributed by atoms with E-state index in [-0.39, 0.29) is 0 Å². The van der Waals surface area contributed by atoms with Crippen LogP contribution in [0.4, 0.5) is 0 Å². The van der Waals surface area contributed by atoms with E-state index in [9.17, 15) is 0 Å². The van der Waals surface area contributed by atoms with Crippen molar-refractivity contribution in [3.05, 3.63) is 0 Å². The van der Waals surface area contributed by atoms with E-state index in [1.54, 1.807) is 0 Å². The van der Waals surface area contributed by atoms with Crippen LogP contribution in [0.1, 0.15) is 65.2 Å². The molecule has 0 bridgehead atoms. The number of ether oxygens (including phenoxy) is 1. The highest BCUT2D eigenvalue weighted by Gasteiger charge is 2.13. The molecule has 2 nitrogen and oxygen atoms in total. The monoisotopic (exact) mass is 241 g/mol. The van der Waals surface area contributed by atoms with Crippen molar-refractivity contribution in [3.63, 3.8) is 0 Å². The zero-order valence-electron chi connectivity index (χ0n) is 11.8. The molecule has 0 aromatic heterocycles. The van der Waals surface area contributed by atoms with Crippen molar-refractivity contribution in [1.29, 1.82) is 0 Å². The Morgan fingerprint density at radius 3 is 2.59 bits per heavy atom. The lowest BCUT2D eigenvalue weighted by Crippen LogP contribution is -2.22. The minimum absolute atomic E-state index is 0.430. The molecule has 0 aliphatic carbocycles. The SMILES string of the molecule is CCC(C)CC(N)CCCCC1CCOCC1. The number of rotatable bonds is 8. The fourth-order valence-electron chi connectivity index (χ4n) is 2.68. The van der Waals surface area contributed by atoms with Crippen LogP contribution in [-0.2, 0) is 4.74 Å². The van der Waals surface area contributed by atoms with Gasteiger partial charge >= 0.3 is 0 Å². The lowest BCUT2D eigenvalue weighted by atomic mass is 9.92. The van der Waals surface area contributed by atoms with Gasteiger partial charge in [-0.3, -0.25) is 0 Å². The van der Waals surface area contributed by atoms with Gasteiger partial charge in [-0.1, -0.05) is 39.5 Å². The van der Waals surface area contributed by atoms with Gasteiger partial charge in [0.25, 0.3) is 0 Å². The van der Waals surface area contributed by atoms with E-state index in [2.05, 4.69) is 13.8 Å². The van der Waals surface area contributed by atoms with Crippen LogP contribution in [0.25, 0.3) is 0 Å². The first kappa shape index (κ1) is 15.0. The summed E-state index contributed by atoms with van der Waals surface area (Å²) >= 11 is 0. The van der Waals surface area contributed by atoms with Crippen LogP contribution >= 0.6 is 0 Å². The van der Waals surface area contributed by atoms with E-state index in [1.165, 1.54) is 51.4 Å². The molecule has 0 saturated carbocycles.